The zero-order valence-electron chi connectivity index (χ0n) is 14.5. The second-order valence-corrected chi connectivity index (χ2v) is 6.99. The van der Waals surface area contributed by atoms with Gasteiger partial charge in [-0.05, 0) is 54.7 Å². The lowest BCUT2D eigenvalue weighted by Gasteiger charge is -2.32. The molecule has 0 unspecified atom stereocenters. The number of amides is 1. The van der Waals surface area contributed by atoms with Gasteiger partial charge in [-0.15, -0.1) is 0 Å². The summed E-state index contributed by atoms with van der Waals surface area (Å²) in [4.78, 5) is 22.4. The quantitative estimate of drug-likeness (QED) is 0.751. The number of benzene rings is 1. The number of nitrogens with one attached hydrogen (secondary N) is 1. The number of hydrogen-bond acceptors (Lipinski definition) is 3. The molecule has 6 heteroatoms. The molecule has 1 saturated heterocycles. The summed E-state index contributed by atoms with van der Waals surface area (Å²) < 4.78 is 5.32. The molecule has 1 fully saturated rings. The number of methoxy groups -OCH3 is 1. The van der Waals surface area contributed by atoms with Crippen LogP contribution in [-0.2, 0) is 0 Å². The fraction of sp³-hybridized carbons (Fsp3) is 0.300. The van der Waals surface area contributed by atoms with Gasteiger partial charge in [-0.1, -0.05) is 11.6 Å². The van der Waals surface area contributed by atoms with E-state index in [0.717, 1.165) is 31.6 Å². The number of pyridine rings is 1. The van der Waals surface area contributed by atoms with Crippen LogP contribution in [0.25, 0.3) is 11.0 Å². The van der Waals surface area contributed by atoms with Gasteiger partial charge in [-0.2, -0.15) is 0 Å². The van der Waals surface area contributed by atoms with Crippen molar-refractivity contribution in [3.8, 4) is 5.75 Å². The highest BCUT2D eigenvalue weighted by Gasteiger charge is 2.27. The molecule has 0 aliphatic carbocycles. The van der Waals surface area contributed by atoms with Crippen molar-refractivity contribution in [1.82, 2.24) is 14.9 Å². The molecule has 4 rings (SSSR count). The molecule has 0 atom stereocenters. The first-order valence-corrected chi connectivity index (χ1v) is 9.10. The maximum absolute atomic E-state index is 12.9. The Labute approximate surface area is 156 Å². The normalized spacial score (nSPS) is 15.4. The Morgan fingerprint density at radius 2 is 2.12 bits per heavy atom. The zero-order valence-corrected chi connectivity index (χ0v) is 15.3. The summed E-state index contributed by atoms with van der Waals surface area (Å²) in [7, 11) is 1.56. The summed E-state index contributed by atoms with van der Waals surface area (Å²) in [6, 6.07) is 9.21. The third-order valence-corrected chi connectivity index (χ3v) is 5.33. The van der Waals surface area contributed by atoms with Crippen molar-refractivity contribution >= 4 is 28.5 Å². The van der Waals surface area contributed by atoms with Crippen LogP contribution < -0.4 is 4.74 Å². The Kier molecular flexibility index (Phi) is 4.55. The molecule has 134 valence electrons. The van der Waals surface area contributed by atoms with Crippen LogP contribution >= 0.6 is 11.6 Å². The van der Waals surface area contributed by atoms with Crippen LogP contribution in [0.2, 0.25) is 5.02 Å². The van der Waals surface area contributed by atoms with Crippen LogP contribution in [0.5, 0.6) is 5.75 Å². The minimum atomic E-state index is -0.00226. The molecule has 0 spiro atoms. The van der Waals surface area contributed by atoms with Crippen molar-refractivity contribution in [3.05, 3.63) is 58.9 Å². The molecule has 2 aromatic heterocycles. The number of aromatic nitrogens is 2. The Hall–Kier alpha value is -2.53. The molecular formula is C20H20ClN3O2. The van der Waals surface area contributed by atoms with E-state index < -0.39 is 0 Å². The summed E-state index contributed by atoms with van der Waals surface area (Å²) in [6.45, 7) is 1.45. The van der Waals surface area contributed by atoms with E-state index in [1.807, 2.05) is 11.0 Å². The van der Waals surface area contributed by atoms with Crippen LogP contribution in [0.4, 0.5) is 0 Å². The number of piperidine rings is 1. The van der Waals surface area contributed by atoms with E-state index in [-0.39, 0.29) is 5.91 Å². The Morgan fingerprint density at radius 3 is 2.88 bits per heavy atom. The molecule has 0 saturated carbocycles. The molecule has 5 nitrogen and oxygen atoms in total. The number of rotatable bonds is 3. The van der Waals surface area contributed by atoms with Crippen molar-refractivity contribution < 1.29 is 9.53 Å². The second kappa shape index (κ2) is 7.00. The molecule has 1 amide bonds. The number of H-pyrrole nitrogens is 1. The lowest BCUT2D eigenvalue weighted by Crippen LogP contribution is -2.38. The molecule has 1 aromatic carbocycles. The lowest BCUT2D eigenvalue weighted by molar-refractivity contribution is 0.0710. The average molecular weight is 370 g/mol. The van der Waals surface area contributed by atoms with Gasteiger partial charge in [0.05, 0.1) is 12.7 Å². The monoisotopic (exact) mass is 369 g/mol. The Balaban J connectivity index is 1.49. The number of nitrogens with zero attached hydrogens (tertiary/aromatic N) is 2. The summed E-state index contributed by atoms with van der Waals surface area (Å²) in [5, 5.41) is 1.74. The van der Waals surface area contributed by atoms with Crippen LogP contribution in [0.1, 0.15) is 34.7 Å². The smallest absolute Gasteiger partial charge is 0.257 e. The summed E-state index contributed by atoms with van der Waals surface area (Å²) in [5.74, 6) is 0.953. The maximum atomic E-state index is 12.9. The topological polar surface area (TPSA) is 58.2 Å². The van der Waals surface area contributed by atoms with E-state index in [1.165, 1.54) is 10.9 Å². The standard InChI is InChI=1S/C20H20ClN3O2/c1-26-18-11-14(21)4-5-16(18)20(25)24-9-6-13(7-10-24)17-12-23-19-15(17)3-2-8-22-19/h2-5,8,11-13H,6-7,9-10H2,1H3,(H,22,23). The molecule has 1 N–H and O–H groups in total. The first kappa shape index (κ1) is 16.9. The summed E-state index contributed by atoms with van der Waals surface area (Å²) in [6.07, 6.45) is 5.72. The van der Waals surface area contributed by atoms with Gasteiger partial charge in [0.2, 0.25) is 0 Å². The van der Waals surface area contributed by atoms with E-state index >= 15 is 0 Å². The third kappa shape index (κ3) is 3.03. The van der Waals surface area contributed by atoms with Crippen LogP contribution in [0, 0.1) is 0 Å². The minimum Gasteiger partial charge on any atom is -0.496 e. The van der Waals surface area contributed by atoms with Gasteiger partial charge in [0.1, 0.15) is 11.4 Å². The fourth-order valence-corrected chi connectivity index (χ4v) is 3.88. The van der Waals surface area contributed by atoms with Crippen LogP contribution in [-0.4, -0.2) is 41.0 Å². The second-order valence-electron chi connectivity index (χ2n) is 6.55. The number of ether oxygens (including phenoxy) is 1. The predicted octanol–water partition coefficient (Wildman–Crippen LogP) is 4.24. The minimum absolute atomic E-state index is 0.00226. The summed E-state index contributed by atoms with van der Waals surface area (Å²) in [5.41, 5.74) is 2.78. The van der Waals surface area contributed by atoms with Gasteiger partial charge in [0, 0.05) is 35.9 Å². The highest BCUT2D eigenvalue weighted by Crippen LogP contribution is 2.33. The SMILES string of the molecule is COc1cc(Cl)ccc1C(=O)N1CCC(c2c[nH]c3ncccc23)CC1. The van der Waals surface area contributed by atoms with Crippen LogP contribution in [0.3, 0.4) is 0 Å². The Bertz CT molecular complexity index is 945. The van der Waals surface area contributed by atoms with Crippen molar-refractivity contribution in [2.75, 3.05) is 20.2 Å². The number of hydrogen-bond donors (Lipinski definition) is 1. The average Bonchev–Trinajstić information content (AvgIpc) is 3.11. The molecule has 3 aromatic rings. The van der Waals surface area contributed by atoms with E-state index in [4.69, 9.17) is 16.3 Å². The number of likely N-dealkylation sites (tertiary alicyclic amines) is 1. The van der Waals surface area contributed by atoms with Crippen molar-refractivity contribution in [2.45, 2.75) is 18.8 Å². The molecule has 3 heterocycles. The molecule has 26 heavy (non-hydrogen) atoms. The number of carbonyl (C=O) groups excluding carboxylic acids is 1. The third-order valence-electron chi connectivity index (χ3n) is 5.10. The summed E-state index contributed by atoms with van der Waals surface area (Å²) >= 11 is 6.00. The molecule has 0 bridgehead atoms. The first-order chi connectivity index (χ1) is 12.7. The van der Waals surface area contributed by atoms with Crippen LogP contribution in [0.15, 0.2) is 42.7 Å². The largest absolute Gasteiger partial charge is 0.496 e. The van der Waals surface area contributed by atoms with Gasteiger partial charge < -0.3 is 14.6 Å². The Morgan fingerprint density at radius 1 is 1.31 bits per heavy atom. The zero-order chi connectivity index (χ0) is 18.1. The highest BCUT2D eigenvalue weighted by molar-refractivity contribution is 6.30. The van der Waals surface area contributed by atoms with Crippen molar-refractivity contribution in [2.24, 2.45) is 0 Å². The lowest BCUT2D eigenvalue weighted by atomic mass is 9.89. The van der Waals surface area contributed by atoms with E-state index in [1.54, 1.807) is 31.5 Å². The number of fused-ring (bicyclic) bond motifs is 1. The van der Waals surface area contributed by atoms with Gasteiger partial charge >= 0.3 is 0 Å². The van der Waals surface area contributed by atoms with E-state index in [0.29, 0.717) is 22.3 Å². The van der Waals surface area contributed by atoms with Gasteiger partial charge in [-0.3, -0.25) is 4.79 Å². The number of halogens is 1. The maximum Gasteiger partial charge on any atom is 0.257 e. The fourth-order valence-electron chi connectivity index (χ4n) is 3.72. The van der Waals surface area contributed by atoms with Gasteiger partial charge in [0.15, 0.2) is 0 Å². The molecule has 0 radical (unpaired) electrons. The van der Waals surface area contributed by atoms with E-state index in [2.05, 4.69) is 22.2 Å². The number of aromatic amines is 1. The highest BCUT2D eigenvalue weighted by atomic mass is 35.5. The van der Waals surface area contributed by atoms with Crippen molar-refractivity contribution in [1.29, 1.82) is 0 Å². The van der Waals surface area contributed by atoms with Crippen molar-refractivity contribution in [3.63, 3.8) is 0 Å². The first-order valence-electron chi connectivity index (χ1n) is 8.72. The number of carbonyl (C=O) groups is 1. The molecule has 1 aliphatic heterocycles. The molecular weight excluding hydrogens is 350 g/mol. The predicted molar refractivity (Wildman–Crippen MR) is 102 cm³/mol. The van der Waals surface area contributed by atoms with E-state index in [9.17, 15) is 4.79 Å². The van der Waals surface area contributed by atoms with Gasteiger partial charge in [0.25, 0.3) is 5.91 Å². The molecule has 1 aliphatic rings. The van der Waals surface area contributed by atoms with Gasteiger partial charge in [-0.25, -0.2) is 4.98 Å².